The third-order valence-corrected chi connectivity index (χ3v) is 3.80. The van der Waals surface area contributed by atoms with Crippen molar-refractivity contribution < 1.29 is 22.8 Å². The van der Waals surface area contributed by atoms with E-state index in [0.717, 1.165) is 23.1 Å². The number of primary amides is 1. The molecular formula is C8H10F3N5O2S2. The van der Waals surface area contributed by atoms with Gasteiger partial charge in [0, 0.05) is 0 Å². The summed E-state index contributed by atoms with van der Waals surface area (Å²) in [7, 11) is 0. The van der Waals surface area contributed by atoms with E-state index < -0.39 is 29.9 Å². The lowest BCUT2D eigenvalue weighted by molar-refractivity contribution is -0.119. The van der Waals surface area contributed by atoms with Gasteiger partial charge in [0.25, 0.3) is 0 Å². The first-order chi connectivity index (χ1) is 9.17. The number of carbonyl (C=O) groups is 2. The fraction of sp³-hybridized carbons (Fsp3) is 0.500. The molecule has 1 aromatic heterocycles. The molecule has 0 radical (unpaired) electrons. The lowest BCUT2D eigenvalue weighted by atomic mass is 10.4. The summed E-state index contributed by atoms with van der Waals surface area (Å²) < 4.78 is 36.2. The number of nitrogens with zero attached hydrogens (tertiary/aromatic N) is 2. The van der Waals surface area contributed by atoms with Crippen molar-refractivity contribution >= 4 is 40.2 Å². The Morgan fingerprint density at radius 1 is 1.45 bits per heavy atom. The number of rotatable bonds is 5. The standard InChI is InChI=1S/C8H10F3N5O2S2/c1-3(4(17)14-5(12)18)19-7-16-15-6(20-7)13-2-8(9,10)11/h3H,2H2,1H3,(H,13,15)(H3,12,14,17,18)/t3-/m1/s1. The number of alkyl halides is 3. The number of nitrogens with two attached hydrogens (primary N) is 1. The van der Waals surface area contributed by atoms with Gasteiger partial charge in [0.1, 0.15) is 6.54 Å². The summed E-state index contributed by atoms with van der Waals surface area (Å²) in [5, 5.41) is 10.4. The molecule has 20 heavy (non-hydrogen) atoms. The van der Waals surface area contributed by atoms with Crippen molar-refractivity contribution in [3.8, 4) is 0 Å². The third kappa shape index (κ3) is 6.06. The highest BCUT2D eigenvalue weighted by Gasteiger charge is 2.27. The number of amides is 3. The maximum atomic E-state index is 12.0. The minimum absolute atomic E-state index is 0.00710. The van der Waals surface area contributed by atoms with Crippen molar-refractivity contribution in [1.29, 1.82) is 0 Å². The molecule has 0 saturated heterocycles. The molecule has 3 amide bonds. The lowest BCUT2D eigenvalue weighted by Gasteiger charge is -2.07. The molecule has 0 aromatic carbocycles. The summed E-state index contributed by atoms with van der Waals surface area (Å²) >= 11 is 1.82. The highest BCUT2D eigenvalue weighted by Crippen LogP contribution is 2.29. The zero-order valence-corrected chi connectivity index (χ0v) is 11.7. The average molecular weight is 329 g/mol. The highest BCUT2D eigenvalue weighted by atomic mass is 32.2. The molecular weight excluding hydrogens is 319 g/mol. The van der Waals surface area contributed by atoms with Crippen LogP contribution in [0, 0.1) is 0 Å². The highest BCUT2D eigenvalue weighted by molar-refractivity contribution is 8.02. The van der Waals surface area contributed by atoms with Gasteiger partial charge in [0.2, 0.25) is 11.0 Å². The molecule has 0 aliphatic heterocycles. The number of anilines is 1. The van der Waals surface area contributed by atoms with Crippen LogP contribution in [0.3, 0.4) is 0 Å². The van der Waals surface area contributed by atoms with E-state index in [-0.39, 0.29) is 5.13 Å². The van der Waals surface area contributed by atoms with E-state index in [2.05, 4.69) is 15.5 Å². The normalized spacial score (nSPS) is 12.8. The van der Waals surface area contributed by atoms with Gasteiger partial charge >= 0.3 is 12.2 Å². The van der Waals surface area contributed by atoms with E-state index in [0.29, 0.717) is 4.34 Å². The number of halogens is 3. The number of hydrogen-bond acceptors (Lipinski definition) is 7. The van der Waals surface area contributed by atoms with Crippen molar-refractivity contribution in [1.82, 2.24) is 15.5 Å². The van der Waals surface area contributed by atoms with Crippen molar-refractivity contribution in [2.24, 2.45) is 5.73 Å². The number of urea groups is 1. The predicted octanol–water partition coefficient (Wildman–Crippen LogP) is 1.19. The number of imide groups is 1. The van der Waals surface area contributed by atoms with Gasteiger partial charge in [0.05, 0.1) is 5.25 Å². The SMILES string of the molecule is C[C@@H](Sc1nnc(NCC(F)(F)F)s1)C(=O)NC(N)=O. The molecule has 0 aliphatic carbocycles. The first kappa shape index (κ1) is 16.5. The quantitative estimate of drug-likeness (QED) is 0.700. The molecule has 1 rings (SSSR count). The van der Waals surface area contributed by atoms with Gasteiger partial charge in [-0.05, 0) is 6.92 Å². The van der Waals surface area contributed by atoms with E-state index in [1.54, 1.807) is 0 Å². The van der Waals surface area contributed by atoms with E-state index >= 15 is 0 Å². The van der Waals surface area contributed by atoms with Crippen LogP contribution in [-0.2, 0) is 4.79 Å². The van der Waals surface area contributed by atoms with Crippen LogP contribution < -0.4 is 16.4 Å². The summed E-state index contributed by atoms with van der Waals surface area (Å²) in [6, 6.07) is -0.979. The van der Waals surface area contributed by atoms with Crippen LogP contribution in [0.25, 0.3) is 0 Å². The molecule has 0 saturated carbocycles. The molecule has 112 valence electrons. The predicted molar refractivity (Wildman–Crippen MR) is 67.5 cm³/mol. The minimum Gasteiger partial charge on any atom is -0.351 e. The van der Waals surface area contributed by atoms with E-state index in [9.17, 15) is 22.8 Å². The molecule has 1 heterocycles. The first-order valence-electron chi connectivity index (χ1n) is 5.08. The fourth-order valence-electron chi connectivity index (χ4n) is 0.932. The molecule has 0 fully saturated rings. The topological polar surface area (TPSA) is 110 Å². The Labute approximate surface area is 119 Å². The van der Waals surface area contributed by atoms with Crippen LogP contribution in [0.1, 0.15) is 6.92 Å². The van der Waals surface area contributed by atoms with Crippen LogP contribution in [0.2, 0.25) is 0 Å². The van der Waals surface area contributed by atoms with Gasteiger partial charge in [-0.15, -0.1) is 10.2 Å². The molecule has 0 unspecified atom stereocenters. The Hall–Kier alpha value is -1.56. The molecule has 0 aliphatic rings. The van der Waals surface area contributed by atoms with Crippen LogP contribution in [0.5, 0.6) is 0 Å². The Bertz CT molecular complexity index is 493. The summed E-state index contributed by atoms with van der Waals surface area (Å²) in [5.74, 6) is -0.623. The smallest absolute Gasteiger partial charge is 0.351 e. The van der Waals surface area contributed by atoms with Crippen molar-refractivity contribution in [2.75, 3.05) is 11.9 Å². The van der Waals surface area contributed by atoms with Gasteiger partial charge in [-0.25, -0.2) is 4.79 Å². The van der Waals surface area contributed by atoms with Gasteiger partial charge in [-0.3, -0.25) is 10.1 Å². The molecule has 0 spiro atoms. The maximum Gasteiger partial charge on any atom is 0.405 e. The van der Waals surface area contributed by atoms with Crippen molar-refractivity contribution in [3.63, 3.8) is 0 Å². The summed E-state index contributed by atoms with van der Waals surface area (Å²) in [4.78, 5) is 21.9. The molecule has 1 aromatic rings. The number of nitrogens with one attached hydrogen (secondary N) is 2. The number of hydrogen-bond donors (Lipinski definition) is 3. The number of thioether (sulfide) groups is 1. The summed E-state index contributed by atoms with van der Waals surface area (Å²) in [5.41, 5.74) is 4.79. The van der Waals surface area contributed by atoms with Gasteiger partial charge < -0.3 is 11.1 Å². The molecule has 12 heteroatoms. The lowest BCUT2D eigenvalue weighted by Crippen LogP contribution is -2.39. The first-order valence-corrected chi connectivity index (χ1v) is 6.78. The zero-order valence-electron chi connectivity index (χ0n) is 10.0. The average Bonchev–Trinajstić information content (AvgIpc) is 2.72. The van der Waals surface area contributed by atoms with E-state index in [1.165, 1.54) is 6.92 Å². The second-order valence-electron chi connectivity index (χ2n) is 3.46. The summed E-state index contributed by atoms with van der Waals surface area (Å²) in [6.07, 6.45) is -4.35. The van der Waals surface area contributed by atoms with E-state index in [4.69, 9.17) is 5.73 Å². The Balaban J connectivity index is 2.51. The van der Waals surface area contributed by atoms with Gasteiger partial charge in [-0.2, -0.15) is 13.2 Å². The van der Waals surface area contributed by atoms with Crippen LogP contribution in [0.15, 0.2) is 4.34 Å². The zero-order chi connectivity index (χ0) is 15.3. The van der Waals surface area contributed by atoms with Crippen LogP contribution in [0.4, 0.5) is 23.1 Å². The fourth-order valence-corrected chi connectivity index (χ4v) is 2.82. The second-order valence-corrected chi connectivity index (χ2v) is 6.02. The Morgan fingerprint density at radius 3 is 2.65 bits per heavy atom. The van der Waals surface area contributed by atoms with Gasteiger partial charge in [0.15, 0.2) is 4.34 Å². The van der Waals surface area contributed by atoms with E-state index in [1.807, 2.05) is 5.32 Å². The third-order valence-electron chi connectivity index (χ3n) is 1.74. The van der Waals surface area contributed by atoms with Crippen molar-refractivity contribution in [2.45, 2.75) is 22.7 Å². The maximum absolute atomic E-state index is 12.0. The Morgan fingerprint density at radius 2 is 2.10 bits per heavy atom. The number of aromatic nitrogens is 2. The van der Waals surface area contributed by atoms with Crippen molar-refractivity contribution in [3.05, 3.63) is 0 Å². The second kappa shape index (κ2) is 6.74. The minimum atomic E-state index is -4.35. The Kier molecular flexibility index (Phi) is 5.56. The van der Waals surface area contributed by atoms with Gasteiger partial charge in [-0.1, -0.05) is 23.1 Å². The molecule has 0 bridgehead atoms. The largest absolute Gasteiger partial charge is 0.405 e. The van der Waals surface area contributed by atoms with Crippen LogP contribution >= 0.6 is 23.1 Å². The monoisotopic (exact) mass is 329 g/mol. The molecule has 4 N–H and O–H groups in total. The molecule has 1 atom stereocenters. The molecule has 7 nitrogen and oxygen atoms in total. The number of carbonyl (C=O) groups excluding carboxylic acids is 2. The van der Waals surface area contributed by atoms with Crippen LogP contribution in [-0.4, -0.2) is 40.1 Å². The summed E-state index contributed by atoms with van der Waals surface area (Å²) in [6.45, 7) is 0.275.